The summed E-state index contributed by atoms with van der Waals surface area (Å²) in [7, 11) is 1.76. The molecular formula is C21H16ClN7O2. The summed E-state index contributed by atoms with van der Waals surface area (Å²) in [6.07, 6.45) is 4.83. The van der Waals surface area contributed by atoms with E-state index >= 15 is 0 Å². The molecule has 0 aliphatic carbocycles. The number of nitrogens with one attached hydrogen (secondary N) is 3. The Kier molecular flexibility index (Phi) is 4.64. The number of rotatable bonds is 5. The maximum Gasteiger partial charge on any atom is 0.258 e. The van der Waals surface area contributed by atoms with Crippen LogP contribution in [0.1, 0.15) is 10.4 Å². The number of fused-ring (bicyclic) bond motifs is 1. The SMILES string of the molecule is Cn1cc(C(=O)Nc2cccc(-c3cc(Nc4ccc5[nH]ncc5c4Cl)no3)c2)cn1. The number of halogens is 1. The van der Waals surface area contributed by atoms with Crippen LogP contribution in [0.15, 0.2) is 65.6 Å². The highest BCUT2D eigenvalue weighted by Gasteiger charge is 2.13. The number of carbonyl (C=O) groups is 1. The summed E-state index contributed by atoms with van der Waals surface area (Å²) in [6.45, 7) is 0. The van der Waals surface area contributed by atoms with Crippen LogP contribution in [-0.2, 0) is 7.05 Å². The predicted octanol–water partition coefficient (Wildman–Crippen LogP) is 4.60. The molecule has 9 nitrogen and oxygen atoms in total. The van der Waals surface area contributed by atoms with Crippen molar-refractivity contribution in [1.82, 2.24) is 25.1 Å². The second-order valence-electron chi connectivity index (χ2n) is 6.90. The molecule has 3 aromatic heterocycles. The van der Waals surface area contributed by atoms with Gasteiger partial charge < -0.3 is 15.2 Å². The topological polar surface area (TPSA) is 114 Å². The Balaban J connectivity index is 1.35. The number of aromatic nitrogens is 5. The van der Waals surface area contributed by atoms with Crippen LogP contribution in [0, 0.1) is 0 Å². The highest BCUT2D eigenvalue weighted by molar-refractivity contribution is 6.38. The molecule has 2 aromatic carbocycles. The van der Waals surface area contributed by atoms with Crippen molar-refractivity contribution in [3.05, 3.63) is 71.6 Å². The van der Waals surface area contributed by atoms with Gasteiger partial charge in [-0.3, -0.25) is 14.6 Å². The molecule has 3 heterocycles. The van der Waals surface area contributed by atoms with Gasteiger partial charge in [-0.1, -0.05) is 28.9 Å². The minimum absolute atomic E-state index is 0.241. The van der Waals surface area contributed by atoms with Gasteiger partial charge in [0.2, 0.25) is 0 Å². The van der Waals surface area contributed by atoms with Gasteiger partial charge in [0.15, 0.2) is 11.6 Å². The number of aryl methyl sites for hydroxylation is 1. The van der Waals surface area contributed by atoms with Crippen molar-refractivity contribution < 1.29 is 9.32 Å². The quantitative estimate of drug-likeness (QED) is 0.373. The lowest BCUT2D eigenvalue weighted by Crippen LogP contribution is -2.11. The first-order chi connectivity index (χ1) is 15.1. The lowest BCUT2D eigenvalue weighted by molar-refractivity contribution is 0.102. The summed E-state index contributed by atoms with van der Waals surface area (Å²) in [4.78, 5) is 12.4. The number of carbonyl (C=O) groups excluding carboxylic acids is 1. The average Bonchev–Trinajstić information content (AvgIpc) is 3.51. The van der Waals surface area contributed by atoms with Crippen molar-refractivity contribution >= 4 is 45.6 Å². The minimum Gasteiger partial charge on any atom is -0.354 e. The van der Waals surface area contributed by atoms with Gasteiger partial charge in [0.25, 0.3) is 5.91 Å². The van der Waals surface area contributed by atoms with Gasteiger partial charge in [-0.25, -0.2) is 0 Å². The third kappa shape index (κ3) is 3.74. The van der Waals surface area contributed by atoms with Crippen LogP contribution in [-0.4, -0.2) is 31.0 Å². The van der Waals surface area contributed by atoms with Crippen molar-refractivity contribution in [3.8, 4) is 11.3 Å². The highest BCUT2D eigenvalue weighted by Crippen LogP contribution is 2.33. The van der Waals surface area contributed by atoms with E-state index in [9.17, 15) is 4.79 Å². The Labute approximate surface area is 181 Å². The first-order valence-electron chi connectivity index (χ1n) is 9.32. The fraction of sp³-hybridized carbons (Fsp3) is 0.0476. The van der Waals surface area contributed by atoms with Crippen LogP contribution in [0.4, 0.5) is 17.2 Å². The van der Waals surface area contributed by atoms with Gasteiger partial charge in [-0.05, 0) is 24.3 Å². The normalized spacial score (nSPS) is 11.0. The van der Waals surface area contributed by atoms with Gasteiger partial charge in [0, 0.05) is 35.9 Å². The summed E-state index contributed by atoms with van der Waals surface area (Å²) in [5.74, 6) is 0.805. The van der Waals surface area contributed by atoms with Crippen molar-refractivity contribution in [2.75, 3.05) is 10.6 Å². The smallest absolute Gasteiger partial charge is 0.258 e. The molecule has 0 bridgehead atoms. The van der Waals surface area contributed by atoms with Crippen molar-refractivity contribution in [2.24, 2.45) is 7.05 Å². The second kappa shape index (κ2) is 7.62. The summed E-state index contributed by atoms with van der Waals surface area (Å²) >= 11 is 6.45. The molecule has 5 rings (SSSR count). The molecule has 0 spiro atoms. The molecule has 0 fully saturated rings. The number of hydrogen-bond acceptors (Lipinski definition) is 6. The van der Waals surface area contributed by atoms with Gasteiger partial charge in [-0.15, -0.1) is 0 Å². The summed E-state index contributed by atoms with van der Waals surface area (Å²) < 4.78 is 7.06. The molecule has 0 saturated carbocycles. The standard InChI is InChI=1S/C21H16ClN7O2/c1-29-11-13(9-24-29)21(30)25-14-4-2-3-12(7-14)18-8-19(28-31-18)26-17-6-5-16-15(20(17)22)10-23-27-16/h2-11H,1H3,(H,23,27)(H,25,30)(H,26,28). The summed E-state index contributed by atoms with van der Waals surface area (Å²) in [5.41, 5.74) is 3.41. The molecule has 5 aromatic rings. The molecule has 0 aliphatic rings. The van der Waals surface area contributed by atoms with Gasteiger partial charge >= 0.3 is 0 Å². The van der Waals surface area contributed by atoms with Crippen molar-refractivity contribution in [3.63, 3.8) is 0 Å². The fourth-order valence-electron chi connectivity index (χ4n) is 3.18. The fourth-order valence-corrected chi connectivity index (χ4v) is 3.44. The molecule has 0 unspecified atom stereocenters. The molecule has 0 atom stereocenters. The van der Waals surface area contributed by atoms with Crippen LogP contribution in [0.25, 0.3) is 22.2 Å². The molecule has 0 saturated heterocycles. The second-order valence-corrected chi connectivity index (χ2v) is 7.28. The number of hydrogen-bond donors (Lipinski definition) is 3. The van der Waals surface area contributed by atoms with E-state index in [-0.39, 0.29) is 5.91 Å². The van der Waals surface area contributed by atoms with E-state index in [2.05, 4.69) is 31.1 Å². The van der Waals surface area contributed by atoms with Crippen LogP contribution < -0.4 is 10.6 Å². The van der Waals surface area contributed by atoms with E-state index in [1.54, 1.807) is 36.3 Å². The zero-order valence-corrected chi connectivity index (χ0v) is 17.0. The molecule has 3 N–H and O–H groups in total. The molecule has 10 heteroatoms. The first kappa shape index (κ1) is 18.9. The Hall–Kier alpha value is -4.11. The zero-order valence-electron chi connectivity index (χ0n) is 16.3. The summed E-state index contributed by atoms with van der Waals surface area (Å²) in [6, 6.07) is 12.8. The minimum atomic E-state index is -0.241. The van der Waals surface area contributed by atoms with E-state index in [4.69, 9.17) is 16.1 Å². The number of anilines is 3. The van der Waals surface area contributed by atoms with Gasteiger partial charge in [-0.2, -0.15) is 10.2 Å². The first-order valence-corrected chi connectivity index (χ1v) is 9.70. The molecule has 1 amide bonds. The lowest BCUT2D eigenvalue weighted by Gasteiger charge is -2.05. The average molecular weight is 434 g/mol. The Morgan fingerprint density at radius 2 is 2.10 bits per heavy atom. The largest absolute Gasteiger partial charge is 0.354 e. The van der Waals surface area contributed by atoms with Crippen LogP contribution >= 0.6 is 11.6 Å². The maximum atomic E-state index is 12.4. The van der Waals surface area contributed by atoms with E-state index in [0.717, 1.165) is 16.5 Å². The zero-order chi connectivity index (χ0) is 21.4. The van der Waals surface area contributed by atoms with Crippen LogP contribution in [0.2, 0.25) is 5.02 Å². The number of nitrogens with zero attached hydrogens (tertiary/aromatic N) is 4. The predicted molar refractivity (Wildman–Crippen MR) is 117 cm³/mol. The lowest BCUT2D eigenvalue weighted by atomic mass is 10.1. The monoisotopic (exact) mass is 433 g/mol. The number of H-pyrrole nitrogens is 1. The molecule has 0 radical (unpaired) electrons. The third-order valence-corrected chi connectivity index (χ3v) is 5.11. The van der Waals surface area contributed by atoms with Gasteiger partial charge in [0.05, 0.1) is 34.2 Å². The number of benzene rings is 2. The maximum absolute atomic E-state index is 12.4. The van der Waals surface area contributed by atoms with Crippen LogP contribution in [0.3, 0.4) is 0 Å². The van der Waals surface area contributed by atoms with E-state index in [1.807, 2.05) is 30.3 Å². The van der Waals surface area contributed by atoms with Crippen LogP contribution in [0.5, 0.6) is 0 Å². The van der Waals surface area contributed by atoms with E-state index in [1.165, 1.54) is 6.20 Å². The highest BCUT2D eigenvalue weighted by atomic mass is 35.5. The van der Waals surface area contributed by atoms with Crippen molar-refractivity contribution in [2.45, 2.75) is 0 Å². The number of aromatic amines is 1. The Bertz CT molecular complexity index is 1400. The molecule has 154 valence electrons. The van der Waals surface area contributed by atoms with E-state index < -0.39 is 0 Å². The van der Waals surface area contributed by atoms with Crippen molar-refractivity contribution in [1.29, 1.82) is 0 Å². The molecular weight excluding hydrogens is 418 g/mol. The molecule has 31 heavy (non-hydrogen) atoms. The summed E-state index contributed by atoms with van der Waals surface area (Å²) in [5, 5.41) is 22.3. The Morgan fingerprint density at radius 1 is 1.19 bits per heavy atom. The number of amides is 1. The Morgan fingerprint density at radius 3 is 2.94 bits per heavy atom. The third-order valence-electron chi connectivity index (χ3n) is 4.70. The van der Waals surface area contributed by atoms with E-state index in [0.29, 0.717) is 33.5 Å². The van der Waals surface area contributed by atoms with Gasteiger partial charge in [0.1, 0.15) is 0 Å². The molecule has 0 aliphatic heterocycles.